The molecule has 0 heterocycles. The Morgan fingerprint density at radius 2 is 2.22 bits per heavy atom. The molecule has 0 aromatic carbocycles. The predicted molar refractivity (Wildman–Crippen MR) is 37.2 cm³/mol. The fourth-order valence-corrected chi connectivity index (χ4v) is 0.292. The summed E-state index contributed by atoms with van der Waals surface area (Å²) in [6.45, 7) is 6.80. The Hall–Kier alpha value is -1.49. The molecule has 9 heavy (non-hydrogen) atoms. The average Bonchev–Trinajstić information content (AvgIpc) is 1.87. The van der Waals surface area contributed by atoms with Gasteiger partial charge in [0.25, 0.3) is 0 Å². The molecule has 46 valence electrons. The van der Waals surface area contributed by atoms with Crippen molar-refractivity contribution in [3.05, 3.63) is 36.6 Å². The smallest absolute Gasteiger partial charge is 0.0986 e. The molecule has 0 bridgehead atoms. The van der Waals surface area contributed by atoms with E-state index in [1.807, 2.05) is 6.07 Å². The van der Waals surface area contributed by atoms with Crippen molar-refractivity contribution in [1.29, 1.82) is 5.26 Å². The number of hydrogen-bond donors (Lipinski definition) is 1. The minimum atomic E-state index is 0.340. The molecule has 0 unspecified atom stereocenters. The summed E-state index contributed by atoms with van der Waals surface area (Å²) in [5, 5.41) is 8.20. The van der Waals surface area contributed by atoms with Crippen molar-refractivity contribution < 1.29 is 0 Å². The van der Waals surface area contributed by atoms with E-state index in [2.05, 4.69) is 13.2 Å². The highest BCUT2D eigenvalue weighted by Gasteiger charge is 1.83. The second-order valence-corrected chi connectivity index (χ2v) is 1.49. The van der Waals surface area contributed by atoms with E-state index in [1.54, 1.807) is 0 Å². The fourth-order valence-electron chi connectivity index (χ4n) is 0.292. The first kappa shape index (κ1) is 7.51. The quantitative estimate of drug-likeness (QED) is 0.438. The minimum absolute atomic E-state index is 0.340. The average molecular weight is 120 g/mol. The van der Waals surface area contributed by atoms with Crippen LogP contribution in [0.1, 0.15) is 0 Å². The highest BCUT2D eigenvalue weighted by atomic mass is 14.5. The third kappa shape index (κ3) is 3.12. The standard InChI is InChI=1S/C7H8N2/c1-3-7(9)4-6(2)5-8/h3-4H,1-2,9H2/b7-4+. The SMILES string of the molecule is C=C/C(N)=C\C(=C)C#N. The van der Waals surface area contributed by atoms with Gasteiger partial charge in [0.2, 0.25) is 0 Å². The molecule has 0 atom stereocenters. The molecule has 0 saturated carbocycles. The number of rotatable bonds is 2. The first-order chi connectivity index (χ1) is 4.20. The van der Waals surface area contributed by atoms with Crippen LogP contribution in [0.2, 0.25) is 0 Å². The zero-order chi connectivity index (χ0) is 7.28. The molecular formula is C7H8N2. The third-order valence-electron chi connectivity index (χ3n) is 0.720. The number of allylic oxidation sites excluding steroid dienone is 3. The van der Waals surface area contributed by atoms with Crippen molar-refractivity contribution in [2.45, 2.75) is 0 Å². The van der Waals surface area contributed by atoms with Gasteiger partial charge in [-0.05, 0) is 12.2 Å². The van der Waals surface area contributed by atoms with Crippen LogP contribution in [-0.4, -0.2) is 0 Å². The molecule has 0 fully saturated rings. The Balaban J connectivity index is 4.16. The third-order valence-corrected chi connectivity index (χ3v) is 0.720. The molecule has 0 aliphatic rings. The van der Waals surface area contributed by atoms with Gasteiger partial charge in [0.1, 0.15) is 0 Å². The lowest BCUT2D eigenvalue weighted by Crippen LogP contribution is -1.91. The highest BCUT2D eigenvalue weighted by Crippen LogP contribution is 1.92. The topological polar surface area (TPSA) is 49.8 Å². The Morgan fingerprint density at radius 3 is 2.56 bits per heavy atom. The fraction of sp³-hybridized carbons (Fsp3) is 0. The van der Waals surface area contributed by atoms with Crippen LogP contribution in [0, 0.1) is 11.3 Å². The van der Waals surface area contributed by atoms with Crippen LogP contribution < -0.4 is 5.73 Å². The number of nitrogens with zero attached hydrogens (tertiary/aromatic N) is 1. The Bertz CT molecular complexity index is 193. The van der Waals surface area contributed by atoms with Crippen LogP contribution in [0.3, 0.4) is 0 Å². The summed E-state index contributed by atoms with van der Waals surface area (Å²) in [5.74, 6) is 0. The van der Waals surface area contributed by atoms with Crippen LogP contribution in [-0.2, 0) is 0 Å². The molecule has 2 nitrogen and oxygen atoms in total. The maximum absolute atomic E-state index is 8.20. The molecule has 0 aliphatic heterocycles. The van der Waals surface area contributed by atoms with Crippen LogP contribution >= 0.6 is 0 Å². The van der Waals surface area contributed by atoms with E-state index in [1.165, 1.54) is 12.2 Å². The second kappa shape index (κ2) is 3.50. The largest absolute Gasteiger partial charge is 0.399 e. The van der Waals surface area contributed by atoms with Crippen molar-refractivity contribution in [3.63, 3.8) is 0 Å². The lowest BCUT2D eigenvalue weighted by Gasteiger charge is -1.86. The van der Waals surface area contributed by atoms with E-state index in [9.17, 15) is 0 Å². The van der Waals surface area contributed by atoms with Crippen LogP contribution in [0.25, 0.3) is 0 Å². The van der Waals surface area contributed by atoms with Crippen molar-refractivity contribution in [2.24, 2.45) is 5.73 Å². The number of nitriles is 1. The highest BCUT2D eigenvalue weighted by molar-refractivity contribution is 5.34. The van der Waals surface area contributed by atoms with Gasteiger partial charge in [-0.3, -0.25) is 0 Å². The summed E-state index contributed by atoms with van der Waals surface area (Å²) < 4.78 is 0. The maximum atomic E-state index is 8.20. The first-order valence-corrected chi connectivity index (χ1v) is 2.39. The second-order valence-electron chi connectivity index (χ2n) is 1.49. The molecular weight excluding hydrogens is 112 g/mol. The summed E-state index contributed by atoms with van der Waals surface area (Å²) >= 11 is 0. The van der Waals surface area contributed by atoms with E-state index < -0.39 is 0 Å². The van der Waals surface area contributed by atoms with Crippen LogP contribution in [0.5, 0.6) is 0 Å². The van der Waals surface area contributed by atoms with Gasteiger partial charge >= 0.3 is 0 Å². The van der Waals surface area contributed by atoms with Gasteiger partial charge < -0.3 is 5.73 Å². The van der Waals surface area contributed by atoms with Gasteiger partial charge in [-0.15, -0.1) is 0 Å². The molecule has 2 N–H and O–H groups in total. The lowest BCUT2D eigenvalue weighted by atomic mass is 10.3. The molecule has 0 radical (unpaired) electrons. The van der Waals surface area contributed by atoms with Crippen molar-refractivity contribution in [1.82, 2.24) is 0 Å². The van der Waals surface area contributed by atoms with E-state index in [0.29, 0.717) is 11.3 Å². The molecule has 0 amide bonds. The maximum Gasteiger partial charge on any atom is 0.0986 e. The summed E-state index contributed by atoms with van der Waals surface area (Å²) in [4.78, 5) is 0. The van der Waals surface area contributed by atoms with Crippen LogP contribution in [0.4, 0.5) is 0 Å². The molecule has 0 rings (SSSR count). The van der Waals surface area contributed by atoms with Crippen molar-refractivity contribution in [2.75, 3.05) is 0 Å². The number of hydrogen-bond acceptors (Lipinski definition) is 2. The molecule has 0 aromatic heterocycles. The van der Waals surface area contributed by atoms with Gasteiger partial charge in [0, 0.05) is 11.3 Å². The number of nitrogens with two attached hydrogens (primary N) is 1. The molecule has 2 heteroatoms. The molecule has 0 aromatic rings. The van der Waals surface area contributed by atoms with E-state index in [0.717, 1.165) is 0 Å². The normalized spacial score (nSPS) is 9.89. The minimum Gasteiger partial charge on any atom is -0.399 e. The van der Waals surface area contributed by atoms with Gasteiger partial charge in [0.15, 0.2) is 0 Å². The van der Waals surface area contributed by atoms with Crippen molar-refractivity contribution in [3.8, 4) is 6.07 Å². The molecule has 0 aliphatic carbocycles. The van der Waals surface area contributed by atoms with E-state index in [4.69, 9.17) is 11.0 Å². The Labute approximate surface area is 54.6 Å². The van der Waals surface area contributed by atoms with E-state index >= 15 is 0 Å². The first-order valence-electron chi connectivity index (χ1n) is 2.39. The predicted octanol–water partition coefficient (Wildman–Crippen LogP) is 1.09. The zero-order valence-electron chi connectivity index (χ0n) is 5.09. The van der Waals surface area contributed by atoms with Gasteiger partial charge in [-0.1, -0.05) is 13.2 Å². The zero-order valence-corrected chi connectivity index (χ0v) is 5.09. The van der Waals surface area contributed by atoms with Crippen molar-refractivity contribution >= 4 is 0 Å². The summed E-state index contributed by atoms with van der Waals surface area (Å²) in [7, 11) is 0. The summed E-state index contributed by atoms with van der Waals surface area (Å²) in [6, 6.07) is 1.83. The molecule has 0 saturated heterocycles. The molecule has 0 spiro atoms. The Morgan fingerprint density at radius 1 is 1.67 bits per heavy atom. The van der Waals surface area contributed by atoms with Gasteiger partial charge in [0.05, 0.1) is 6.07 Å². The van der Waals surface area contributed by atoms with Gasteiger partial charge in [-0.2, -0.15) is 5.26 Å². The van der Waals surface area contributed by atoms with Gasteiger partial charge in [-0.25, -0.2) is 0 Å². The monoisotopic (exact) mass is 120 g/mol. The van der Waals surface area contributed by atoms with E-state index in [-0.39, 0.29) is 0 Å². The lowest BCUT2D eigenvalue weighted by molar-refractivity contribution is 1.41. The summed E-state index contributed by atoms with van der Waals surface area (Å²) in [6.07, 6.45) is 2.93. The Kier molecular flexibility index (Phi) is 2.92. The van der Waals surface area contributed by atoms with Crippen LogP contribution in [0.15, 0.2) is 36.6 Å². The summed E-state index contributed by atoms with van der Waals surface area (Å²) in [5.41, 5.74) is 6.08.